The SMILES string of the molecule is COc1ccc(O)c(C(=O)OCc2nc(N)nc(Nc3ccccc3C)n2)c1. The molecule has 9 heteroatoms. The lowest BCUT2D eigenvalue weighted by Crippen LogP contribution is -2.11. The van der Waals surface area contributed by atoms with E-state index in [-0.39, 0.29) is 35.6 Å². The molecule has 0 aliphatic heterocycles. The molecular weight excluding hydrogens is 362 g/mol. The monoisotopic (exact) mass is 381 g/mol. The minimum Gasteiger partial charge on any atom is -0.507 e. The summed E-state index contributed by atoms with van der Waals surface area (Å²) in [5, 5.41) is 12.9. The molecular formula is C19H19N5O4. The van der Waals surface area contributed by atoms with Crippen LogP contribution in [-0.4, -0.2) is 33.1 Å². The lowest BCUT2D eigenvalue weighted by Gasteiger charge is -2.10. The largest absolute Gasteiger partial charge is 0.507 e. The van der Waals surface area contributed by atoms with E-state index >= 15 is 0 Å². The van der Waals surface area contributed by atoms with Gasteiger partial charge in [0, 0.05) is 5.69 Å². The number of anilines is 3. The highest BCUT2D eigenvalue weighted by molar-refractivity contribution is 5.92. The number of aryl methyl sites for hydroxylation is 1. The van der Waals surface area contributed by atoms with Crippen molar-refractivity contribution in [3.8, 4) is 11.5 Å². The number of rotatable bonds is 6. The van der Waals surface area contributed by atoms with Crippen molar-refractivity contribution in [1.29, 1.82) is 0 Å². The molecule has 2 aromatic carbocycles. The minimum atomic E-state index is -0.746. The molecule has 0 amide bonds. The lowest BCUT2D eigenvalue weighted by atomic mass is 10.2. The number of aromatic hydroxyl groups is 1. The van der Waals surface area contributed by atoms with Crippen LogP contribution in [0, 0.1) is 6.92 Å². The van der Waals surface area contributed by atoms with Crippen molar-refractivity contribution in [2.75, 3.05) is 18.2 Å². The molecule has 1 aromatic heterocycles. The van der Waals surface area contributed by atoms with Gasteiger partial charge in [0.05, 0.1) is 7.11 Å². The number of nitrogens with zero attached hydrogens (tertiary/aromatic N) is 3. The third kappa shape index (κ3) is 4.44. The normalized spacial score (nSPS) is 10.4. The number of carbonyl (C=O) groups excluding carboxylic acids is 1. The van der Waals surface area contributed by atoms with Crippen LogP contribution in [0.25, 0.3) is 0 Å². The third-order valence-corrected chi connectivity index (χ3v) is 3.85. The first-order valence-electron chi connectivity index (χ1n) is 8.33. The maximum absolute atomic E-state index is 12.3. The molecule has 3 rings (SSSR count). The summed E-state index contributed by atoms with van der Waals surface area (Å²) in [6.07, 6.45) is 0. The zero-order valence-corrected chi connectivity index (χ0v) is 15.3. The number of hydrogen-bond acceptors (Lipinski definition) is 9. The summed E-state index contributed by atoms with van der Waals surface area (Å²) in [5.74, 6) is -0.164. The van der Waals surface area contributed by atoms with Crippen molar-refractivity contribution in [3.05, 3.63) is 59.4 Å². The molecule has 0 saturated heterocycles. The Balaban J connectivity index is 1.73. The van der Waals surface area contributed by atoms with Crippen LogP contribution in [0.4, 0.5) is 17.6 Å². The Hall–Kier alpha value is -3.88. The fourth-order valence-electron chi connectivity index (χ4n) is 2.41. The fourth-order valence-corrected chi connectivity index (χ4v) is 2.41. The summed E-state index contributed by atoms with van der Waals surface area (Å²) < 4.78 is 10.2. The van der Waals surface area contributed by atoms with Gasteiger partial charge in [0.25, 0.3) is 0 Å². The summed E-state index contributed by atoms with van der Waals surface area (Å²) in [4.78, 5) is 24.5. The molecule has 28 heavy (non-hydrogen) atoms. The van der Waals surface area contributed by atoms with Crippen LogP contribution in [0.3, 0.4) is 0 Å². The summed E-state index contributed by atoms with van der Waals surface area (Å²) in [7, 11) is 1.46. The topological polar surface area (TPSA) is 132 Å². The van der Waals surface area contributed by atoms with E-state index in [4.69, 9.17) is 15.2 Å². The molecule has 0 saturated carbocycles. The van der Waals surface area contributed by atoms with Crippen LogP contribution in [0.5, 0.6) is 11.5 Å². The van der Waals surface area contributed by atoms with Crippen LogP contribution in [0.1, 0.15) is 21.7 Å². The maximum atomic E-state index is 12.3. The Morgan fingerprint density at radius 1 is 1.18 bits per heavy atom. The quantitative estimate of drug-likeness (QED) is 0.551. The molecule has 144 valence electrons. The summed E-state index contributed by atoms with van der Waals surface area (Å²) in [6.45, 7) is 1.70. The number of carbonyl (C=O) groups is 1. The average molecular weight is 381 g/mol. The second-order valence-electron chi connectivity index (χ2n) is 5.83. The van der Waals surface area contributed by atoms with Crippen molar-refractivity contribution in [3.63, 3.8) is 0 Å². The van der Waals surface area contributed by atoms with Crippen LogP contribution in [0.15, 0.2) is 42.5 Å². The van der Waals surface area contributed by atoms with Gasteiger partial charge in [-0.3, -0.25) is 0 Å². The second kappa shape index (κ2) is 8.21. The fraction of sp³-hybridized carbons (Fsp3) is 0.158. The van der Waals surface area contributed by atoms with Gasteiger partial charge in [-0.1, -0.05) is 18.2 Å². The molecule has 4 N–H and O–H groups in total. The number of nitrogens with one attached hydrogen (secondary N) is 1. The van der Waals surface area contributed by atoms with Gasteiger partial charge in [0.2, 0.25) is 11.9 Å². The van der Waals surface area contributed by atoms with Crippen molar-refractivity contribution in [2.45, 2.75) is 13.5 Å². The van der Waals surface area contributed by atoms with Crippen LogP contribution in [-0.2, 0) is 11.3 Å². The molecule has 0 radical (unpaired) electrons. The Bertz CT molecular complexity index is 1010. The van der Waals surface area contributed by atoms with Gasteiger partial charge in [-0.25, -0.2) is 4.79 Å². The average Bonchev–Trinajstić information content (AvgIpc) is 2.68. The highest BCUT2D eigenvalue weighted by Gasteiger charge is 2.15. The molecule has 0 spiro atoms. The molecule has 1 heterocycles. The van der Waals surface area contributed by atoms with E-state index < -0.39 is 5.97 Å². The Labute approximate surface area is 161 Å². The van der Waals surface area contributed by atoms with Gasteiger partial charge in [-0.15, -0.1) is 0 Å². The Morgan fingerprint density at radius 3 is 2.71 bits per heavy atom. The third-order valence-electron chi connectivity index (χ3n) is 3.85. The minimum absolute atomic E-state index is 0.0126. The van der Waals surface area contributed by atoms with Gasteiger partial charge in [-0.2, -0.15) is 15.0 Å². The molecule has 0 aliphatic rings. The summed E-state index contributed by atoms with van der Waals surface area (Å²) in [6, 6.07) is 11.9. The standard InChI is InChI=1S/C19H19N5O4/c1-11-5-3-4-6-14(11)21-19-23-16(22-18(20)24-19)10-28-17(26)13-9-12(27-2)7-8-15(13)25/h3-9,25H,10H2,1-2H3,(H3,20,21,22,23,24). The smallest absolute Gasteiger partial charge is 0.342 e. The van der Waals surface area contributed by atoms with E-state index in [1.54, 1.807) is 0 Å². The van der Waals surface area contributed by atoms with Gasteiger partial charge in [-0.05, 0) is 36.8 Å². The van der Waals surface area contributed by atoms with Crippen molar-refractivity contribution >= 4 is 23.6 Å². The maximum Gasteiger partial charge on any atom is 0.342 e. The number of phenols is 1. The molecule has 0 bridgehead atoms. The molecule has 3 aromatic rings. The van der Waals surface area contributed by atoms with Crippen molar-refractivity contribution in [1.82, 2.24) is 15.0 Å². The number of ether oxygens (including phenoxy) is 2. The lowest BCUT2D eigenvalue weighted by molar-refractivity contribution is 0.0458. The highest BCUT2D eigenvalue weighted by Crippen LogP contribution is 2.24. The van der Waals surface area contributed by atoms with Crippen LogP contribution in [0.2, 0.25) is 0 Å². The number of aromatic nitrogens is 3. The molecule has 0 fully saturated rings. The molecule has 0 atom stereocenters. The van der Waals surface area contributed by atoms with Gasteiger partial charge < -0.3 is 25.6 Å². The molecule has 0 unspecified atom stereocenters. The van der Waals surface area contributed by atoms with E-state index in [1.165, 1.54) is 25.3 Å². The predicted molar refractivity (Wildman–Crippen MR) is 102 cm³/mol. The number of phenolic OH excluding ortho intramolecular Hbond substituents is 1. The zero-order valence-electron chi connectivity index (χ0n) is 15.3. The van der Waals surface area contributed by atoms with Gasteiger partial charge in [0.15, 0.2) is 12.4 Å². The van der Waals surface area contributed by atoms with E-state index in [9.17, 15) is 9.90 Å². The second-order valence-corrected chi connectivity index (χ2v) is 5.83. The number of para-hydroxylation sites is 1. The first-order valence-corrected chi connectivity index (χ1v) is 8.33. The number of nitrogen functional groups attached to an aromatic ring is 1. The van der Waals surface area contributed by atoms with Crippen molar-refractivity contribution in [2.24, 2.45) is 0 Å². The summed E-state index contributed by atoms with van der Waals surface area (Å²) >= 11 is 0. The van der Waals surface area contributed by atoms with E-state index in [1.807, 2.05) is 31.2 Å². The summed E-state index contributed by atoms with van der Waals surface area (Å²) in [5.41, 5.74) is 7.52. The van der Waals surface area contributed by atoms with Crippen LogP contribution < -0.4 is 15.8 Å². The number of nitrogens with two attached hydrogens (primary N) is 1. The van der Waals surface area contributed by atoms with Gasteiger partial charge in [0.1, 0.15) is 17.1 Å². The molecule has 9 nitrogen and oxygen atoms in total. The van der Waals surface area contributed by atoms with E-state index in [0.717, 1.165) is 11.3 Å². The molecule has 0 aliphatic carbocycles. The predicted octanol–water partition coefficient (Wildman–Crippen LogP) is 2.58. The Morgan fingerprint density at radius 2 is 1.96 bits per heavy atom. The number of esters is 1. The van der Waals surface area contributed by atoms with E-state index in [0.29, 0.717) is 5.75 Å². The zero-order chi connectivity index (χ0) is 20.1. The Kier molecular flexibility index (Phi) is 5.54. The van der Waals surface area contributed by atoms with Crippen LogP contribution >= 0.6 is 0 Å². The number of hydrogen-bond donors (Lipinski definition) is 3. The highest BCUT2D eigenvalue weighted by atomic mass is 16.5. The number of benzene rings is 2. The first-order chi connectivity index (χ1) is 13.5. The van der Waals surface area contributed by atoms with Gasteiger partial charge >= 0.3 is 5.97 Å². The van der Waals surface area contributed by atoms with E-state index in [2.05, 4.69) is 20.3 Å². The van der Waals surface area contributed by atoms with Crippen molar-refractivity contribution < 1.29 is 19.4 Å². The first kappa shape index (κ1) is 18.9. The number of methoxy groups -OCH3 is 1.